The monoisotopic (exact) mass is 239 g/mol. The molecule has 0 radical (unpaired) electrons. The minimum absolute atomic E-state index is 0.551. The van der Waals surface area contributed by atoms with E-state index in [0.29, 0.717) is 15.6 Å². The zero-order chi connectivity index (χ0) is 10.8. The van der Waals surface area contributed by atoms with Gasteiger partial charge in [0.15, 0.2) is 6.29 Å². The SMILES string of the molecule is O=Cc1ccn(-c2ccc(Cl)cc2Cl)c1. The Labute approximate surface area is 97.0 Å². The maximum Gasteiger partial charge on any atom is 0.151 e. The molecule has 0 aliphatic carbocycles. The summed E-state index contributed by atoms with van der Waals surface area (Å²) in [6.07, 6.45) is 4.28. The topological polar surface area (TPSA) is 22.0 Å². The van der Waals surface area contributed by atoms with E-state index in [1.54, 1.807) is 41.2 Å². The van der Waals surface area contributed by atoms with Crippen LogP contribution in [0.15, 0.2) is 36.7 Å². The second-order valence-electron chi connectivity index (χ2n) is 3.07. The molecule has 0 unspecified atom stereocenters. The number of carbonyl (C=O) groups is 1. The van der Waals surface area contributed by atoms with Crippen LogP contribution >= 0.6 is 23.2 Å². The highest BCUT2D eigenvalue weighted by Crippen LogP contribution is 2.24. The Morgan fingerprint density at radius 2 is 2.00 bits per heavy atom. The molecular formula is C11H7Cl2NO. The second kappa shape index (κ2) is 4.09. The fraction of sp³-hybridized carbons (Fsp3) is 0. The van der Waals surface area contributed by atoms with E-state index in [-0.39, 0.29) is 0 Å². The van der Waals surface area contributed by atoms with E-state index >= 15 is 0 Å². The summed E-state index contributed by atoms with van der Waals surface area (Å²) >= 11 is 11.8. The quantitative estimate of drug-likeness (QED) is 0.735. The third-order valence-corrected chi connectivity index (χ3v) is 2.58. The van der Waals surface area contributed by atoms with Crippen LogP contribution in [0.4, 0.5) is 0 Å². The Bertz CT molecular complexity index is 505. The molecule has 0 aliphatic rings. The predicted molar refractivity (Wildman–Crippen MR) is 61.2 cm³/mol. The number of hydrogen-bond donors (Lipinski definition) is 0. The summed E-state index contributed by atoms with van der Waals surface area (Å²) in [6, 6.07) is 6.94. The molecule has 1 aromatic heterocycles. The molecule has 0 amide bonds. The van der Waals surface area contributed by atoms with Gasteiger partial charge in [-0.15, -0.1) is 0 Å². The zero-order valence-corrected chi connectivity index (χ0v) is 9.16. The first-order chi connectivity index (χ1) is 7.20. The van der Waals surface area contributed by atoms with E-state index in [2.05, 4.69) is 0 Å². The Kier molecular flexibility index (Phi) is 2.80. The molecule has 0 bridgehead atoms. The first-order valence-corrected chi connectivity index (χ1v) is 5.05. The van der Waals surface area contributed by atoms with Crippen molar-refractivity contribution < 1.29 is 4.79 Å². The van der Waals surface area contributed by atoms with E-state index in [1.807, 2.05) is 0 Å². The molecule has 0 aliphatic heterocycles. The van der Waals surface area contributed by atoms with Crippen LogP contribution in [0.2, 0.25) is 10.0 Å². The highest BCUT2D eigenvalue weighted by atomic mass is 35.5. The van der Waals surface area contributed by atoms with Gasteiger partial charge in [-0.2, -0.15) is 0 Å². The van der Waals surface area contributed by atoms with Crippen molar-refractivity contribution in [2.24, 2.45) is 0 Å². The van der Waals surface area contributed by atoms with Crippen LogP contribution in [0.25, 0.3) is 5.69 Å². The highest BCUT2D eigenvalue weighted by Gasteiger charge is 2.03. The van der Waals surface area contributed by atoms with E-state index < -0.39 is 0 Å². The maximum absolute atomic E-state index is 10.5. The molecule has 0 spiro atoms. The van der Waals surface area contributed by atoms with Gasteiger partial charge in [0.25, 0.3) is 0 Å². The number of carbonyl (C=O) groups excluding carboxylic acids is 1. The molecule has 0 fully saturated rings. The number of aldehydes is 1. The van der Waals surface area contributed by atoms with E-state index in [4.69, 9.17) is 23.2 Å². The minimum Gasteiger partial charge on any atom is -0.322 e. The summed E-state index contributed by atoms with van der Waals surface area (Å²) in [5.74, 6) is 0. The lowest BCUT2D eigenvalue weighted by Gasteiger charge is -2.05. The molecule has 0 N–H and O–H groups in total. The summed E-state index contributed by atoms with van der Waals surface area (Å²) in [6.45, 7) is 0. The van der Waals surface area contributed by atoms with Crippen molar-refractivity contribution in [1.82, 2.24) is 4.57 Å². The molecule has 0 atom stereocenters. The van der Waals surface area contributed by atoms with Crippen molar-refractivity contribution >= 4 is 29.5 Å². The molecule has 2 aromatic rings. The lowest BCUT2D eigenvalue weighted by Crippen LogP contribution is -1.90. The van der Waals surface area contributed by atoms with Gasteiger partial charge in [0, 0.05) is 23.0 Å². The number of halogens is 2. The third-order valence-electron chi connectivity index (χ3n) is 2.04. The van der Waals surface area contributed by atoms with Crippen molar-refractivity contribution in [3.63, 3.8) is 0 Å². The normalized spacial score (nSPS) is 10.3. The van der Waals surface area contributed by atoms with Crippen LogP contribution in [0.1, 0.15) is 10.4 Å². The third kappa shape index (κ3) is 2.06. The minimum atomic E-state index is 0.551. The van der Waals surface area contributed by atoms with Gasteiger partial charge < -0.3 is 4.57 Å². The van der Waals surface area contributed by atoms with Gasteiger partial charge in [0.2, 0.25) is 0 Å². The Balaban J connectivity index is 2.49. The molecule has 2 rings (SSSR count). The van der Waals surface area contributed by atoms with Crippen molar-refractivity contribution in [1.29, 1.82) is 0 Å². The van der Waals surface area contributed by atoms with Crippen LogP contribution in [-0.2, 0) is 0 Å². The Hall–Kier alpha value is -1.25. The van der Waals surface area contributed by atoms with Crippen LogP contribution in [0, 0.1) is 0 Å². The number of aromatic nitrogens is 1. The smallest absolute Gasteiger partial charge is 0.151 e. The highest BCUT2D eigenvalue weighted by molar-refractivity contribution is 6.35. The van der Waals surface area contributed by atoms with E-state index in [1.165, 1.54) is 0 Å². The zero-order valence-electron chi connectivity index (χ0n) is 7.65. The average Bonchev–Trinajstić information content (AvgIpc) is 2.66. The van der Waals surface area contributed by atoms with Crippen LogP contribution < -0.4 is 0 Å². The first-order valence-electron chi connectivity index (χ1n) is 4.29. The van der Waals surface area contributed by atoms with Crippen LogP contribution in [-0.4, -0.2) is 10.9 Å². The summed E-state index contributed by atoms with van der Waals surface area (Å²) < 4.78 is 1.78. The van der Waals surface area contributed by atoms with Crippen LogP contribution in [0.5, 0.6) is 0 Å². The lowest BCUT2D eigenvalue weighted by molar-refractivity contribution is 0.112. The summed E-state index contributed by atoms with van der Waals surface area (Å²) in [7, 11) is 0. The summed E-state index contributed by atoms with van der Waals surface area (Å²) in [5, 5.41) is 1.14. The maximum atomic E-state index is 10.5. The summed E-state index contributed by atoms with van der Waals surface area (Å²) in [5.41, 5.74) is 1.41. The van der Waals surface area contributed by atoms with Gasteiger partial charge in [0.1, 0.15) is 0 Å². The Morgan fingerprint density at radius 1 is 1.20 bits per heavy atom. The van der Waals surface area contributed by atoms with Gasteiger partial charge in [-0.05, 0) is 24.3 Å². The van der Waals surface area contributed by atoms with Gasteiger partial charge in [-0.3, -0.25) is 4.79 Å². The Morgan fingerprint density at radius 3 is 2.60 bits per heavy atom. The van der Waals surface area contributed by atoms with Crippen LogP contribution in [0.3, 0.4) is 0 Å². The van der Waals surface area contributed by atoms with Gasteiger partial charge in [-0.1, -0.05) is 23.2 Å². The predicted octanol–water partition coefficient (Wildman–Crippen LogP) is 3.60. The van der Waals surface area contributed by atoms with E-state index in [9.17, 15) is 4.79 Å². The number of hydrogen-bond acceptors (Lipinski definition) is 1. The number of nitrogens with zero attached hydrogens (tertiary/aromatic N) is 1. The van der Waals surface area contributed by atoms with Gasteiger partial charge >= 0.3 is 0 Å². The standard InChI is InChI=1S/C11H7Cl2NO/c12-9-1-2-11(10(13)5-9)14-4-3-8(6-14)7-15/h1-7H. The molecule has 2 nitrogen and oxygen atoms in total. The first kappa shape index (κ1) is 10.3. The molecule has 76 valence electrons. The van der Waals surface area contributed by atoms with Crippen molar-refractivity contribution in [3.8, 4) is 5.69 Å². The second-order valence-corrected chi connectivity index (χ2v) is 3.91. The summed E-state index contributed by atoms with van der Waals surface area (Å²) in [4.78, 5) is 10.5. The lowest BCUT2D eigenvalue weighted by atomic mass is 10.3. The fourth-order valence-electron chi connectivity index (χ4n) is 1.32. The molecule has 15 heavy (non-hydrogen) atoms. The number of rotatable bonds is 2. The largest absolute Gasteiger partial charge is 0.322 e. The van der Waals surface area contributed by atoms with Crippen molar-refractivity contribution in [2.75, 3.05) is 0 Å². The van der Waals surface area contributed by atoms with Crippen molar-refractivity contribution in [2.45, 2.75) is 0 Å². The molecule has 1 aromatic carbocycles. The van der Waals surface area contributed by atoms with E-state index in [0.717, 1.165) is 12.0 Å². The van der Waals surface area contributed by atoms with Gasteiger partial charge in [-0.25, -0.2) is 0 Å². The molecule has 0 saturated heterocycles. The average molecular weight is 240 g/mol. The molecule has 1 heterocycles. The molecular weight excluding hydrogens is 233 g/mol. The number of benzene rings is 1. The fourth-order valence-corrected chi connectivity index (χ4v) is 1.83. The molecule has 4 heteroatoms. The van der Waals surface area contributed by atoms with Gasteiger partial charge in [0.05, 0.1) is 10.7 Å². The van der Waals surface area contributed by atoms with Crippen molar-refractivity contribution in [3.05, 3.63) is 52.3 Å². The molecule has 0 saturated carbocycles.